The van der Waals surface area contributed by atoms with Crippen LogP contribution in [-0.4, -0.2) is 56.3 Å². The van der Waals surface area contributed by atoms with Crippen LogP contribution in [0.5, 0.6) is 5.75 Å². The molecule has 0 spiro atoms. The Balaban J connectivity index is 2.41. The van der Waals surface area contributed by atoms with E-state index in [1.807, 2.05) is 0 Å². The fourth-order valence-corrected chi connectivity index (χ4v) is 2.99. The molecule has 168 valence electrons. The van der Waals surface area contributed by atoms with Crippen molar-refractivity contribution in [3.63, 3.8) is 0 Å². The first-order valence-electron chi connectivity index (χ1n) is 9.32. The molecule has 1 aromatic carbocycles. The number of carbonyl (C=O) groups excluding carboxylic acids is 1. The summed E-state index contributed by atoms with van der Waals surface area (Å²) in [6.07, 6.45) is -1.28. The highest BCUT2D eigenvalue weighted by Gasteiger charge is 2.36. The molecular formula is C20H25FN4O6. The Hall–Kier alpha value is -3.47. The molecule has 0 bridgehead atoms. The Morgan fingerprint density at radius 3 is 2.42 bits per heavy atom. The van der Waals surface area contributed by atoms with Gasteiger partial charge in [0.05, 0.1) is 6.61 Å². The molecule has 1 aromatic heterocycles. The number of H-pyrrole nitrogens is 1. The van der Waals surface area contributed by atoms with Crippen LogP contribution in [0, 0.1) is 5.82 Å². The smallest absolute Gasteiger partial charge is 0.408 e. The van der Waals surface area contributed by atoms with E-state index >= 15 is 0 Å². The maximum absolute atomic E-state index is 13.0. The monoisotopic (exact) mass is 436 g/mol. The molecule has 10 nitrogen and oxygen atoms in total. The third-order valence-electron chi connectivity index (χ3n) is 4.38. The average Bonchev–Trinajstić information content (AvgIpc) is 2.67. The Bertz CT molecular complexity index is 1000. The molecule has 1 unspecified atom stereocenters. The number of carboxylic acid groups (broad SMARTS) is 1. The SMILES string of the molecule is COCC(c1nc(C(=O)NCc2ccc(F)cc2)c(O)c(=O)[nH]1)N(C(=O)O)C(C)(C)C. The van der Waals surface area contributed by atoms with E-state index in [0.29, 0.717) is 5.56 Å². The van der Waals surface area contributed by atoms with Crippen molar-refractivity contribution in [2.24, 2.45) is 0 Å². The van der Waals surface area contributed by atoms with E-state index in [2.05, 4.69) is 15.3 Å². The predicted octanol–water partition coefficient (Wildman–Crippen LogP) is 2.01. The average molecular weight is 436 g/mol. The third kappa shape index (κ3) is 5.79. The van der Waals surface area contributed by atoms with E-state index in [1.165, 1.54) is 31.4 Å². The van der Waals surface area contributed by atoms with Crippen molar-refractivity contribution in [1.82, 2.24) is 20.2 Å². The summed E-state index contributed by atoms with van der Waals surface area (Å²) in [4.78, 5) is 44.1. The summed E-state index contributed by atoms with van der Waals surface area (Å²) < 4.78 is 18.1. The summed E-state index contributed by atoms with van der Waals surface area (Å²) in [6.45, 7) is 4.79. The number of hydrogen-bond acceptors (Lipinski definition) is 6. The second-order valence-electron chi connectivity index (χ2n) is 7.75. The minimum absolute atomic E-state index is 0.00684. The minimum atomic E-state index is -1.28. The molecule has 2 amide bonds. The Kier molecular flexibility index (Phi) is 7.34. The van der Waals surface area contributed by atoms with Crippen molar-refractivity contribution in [3.05, 3.63) is 57.5 Å². The fourth-order valence-electron chi connectivity index (χ4n) is 2.99. The molecule has 2 rings (SSSR count). The number of nitrogens with one attached hydrogen (secondary N) is 2. The van der Waals surface area contributed by atoms with Crippen LogP contribution < -0.4 is 10.9 Å². The van der Waals surface area contributed by atoms with Gasteiger partial charge in [-0.1, -0.05) is 12.1 Å². The van der Waals surface area contributed by atoms with Crippen LogP contribution in [-0.2, 0) is 11.3 Å². The molecule has 11 heteroatoms. The van der Waals surface area contributed by atoms with Gasteiger partial charge in [-0.05, 0) is 38.5 Å². The lowest BCUT2D eigenvalue weighted by atomic mass is 10.0. The zero-order chi connectivity index (χ0) is 23.3. The van der Waals surface area contributed by atoms with Crippen molar-refractivity contribution >= 4 is 12.0 Å². The first-order chi connectivity index (χ1) is 14.5. The minimum Gasteiger partial charge on any atom is -0.501 e. The zero-order valence-corrected chi connectivity index (χ0v) is 17.6. The zero-order valence-electron chi connectivity index (χ0n) is 17.6. The number of rotatable bonds is 7. The van der Waals surface area contributed by atoms with Gasteiger partial charge >= 0.3 is 6.09 Å². The van der Waals surface area contributed by atoms with Crippen LogP contribution in [0.25, 0.3) is 0 Å². The summed E-state index contributed by atoms with van der Waals surface area (Å²) in [7, 11) is 1.35. The molecule has 4 N–H and O–H groups in total. The standard InChI is InChI=1S/C20H25FN4O6/c1-20(2,3)25(19(29)30)13(10-31-4)16-23-14(15(26)18(28)24-16)17(27)22-9-11-5-7-12(21)8-6-11/h5-8,13,26H,9-10H2,1-4H3,(H,22,27)(H,29,30)(H,23,24,28). The van der Waals surface area contributed by atoms with E-state index in [0.717, 1.165) is 4.90 Å². The number of aromatic amines is 1. The van der Waals surface area contributed by atoms with Crippen LogP contribution >= 0.6 is 0 Å². The lowest BCUT2D eigenvalue weighted by molar-refractivity contribution is 0.0302. The largest absolute Gasteiger partial charge is 0.501 e. The van der Waals surface area contributed by atoms with E-state index in [4.69, 9.17) is 4.74 Å². The molecule has 0 radical (unpaired) electrons. The number of nitrogens with zero attached hydrogens (tertiary/aromatic N) is 2. The van der Waals surface area contributed by atoms with Gasteiger partial charge in [-0.15, -0.1) is 0 Å². The number of aromatic nitrogens is 2. The molecule has 31 heavy (non-hydrogen) atoms. The van der Waals surface area contributed by atoms with Crippen LogP contribution in [0.15, 0.2) is 29.1 Å². The molecule has 1 atom stereocenters. The maximum Gasteiger partial charge on any atom is 0.408 e. The van der Waals surface area contributed by atoms with Crippen molar-refractivity contribution in [3.8, 4) is 5.75 Å². The number of carbonyl (C=O) groups is 2. The van der Waals surface area contributed by atoms with Gasteiger partial charge < -0.3 is 25.3 Å². The second-order valence-corrected chi connectivity index (χ2v) is 7.75. The molecule has 0 aliphatic rings. The number of ether oxygens (including phenoxy) is 1. The van der Waals surface area contributed by atoms with Crippen molar-refractivity contribution < 1.29 is 28.9 Å². The van der Waals surface area contributed by atoms with Gasteiger partial charge in [0.1, 0.15) is 17.7 Å². The normalized spacial score (nSPS) is 12.3. The molecule has 0 fully saturated rings. The van der Waals surface area contributed by atoms with Gasteiger partial charge in [0.2, 0.25) is 5.75 Å². The molecular weight excluding hydrogens is 411 g/mol. The topological polar surface area (TPSA) is 145 Å². The molecule has 2 aromatic rings. The number of hydrogen-bond donors (Lipinski definition) is 4. The lowest BCUT2D eigenvalue weighted by Crippen LogP contribution is -2.49. The summed E-state index contributed by atoms with van der Waals surface area (Å²) in [5.74, 6) is -2.36. The summed E-state index contributed by atoms with van der Waals surface area (Å²) in [6, 6.07) is 4.33. The fraction of sp³-hybridized carbons (Fsp3) is 0.400. The number of halogens is 1. The van der Waals surface area contributed by atoms with Crippen LogP contribution in [0.2, 0.25) is 0 Å². The van der Waals surface area contributed by atoms with Crippen LogP contribution in [0.1, 0.15) is 48.7 Å². The Morgan fingerprint density at radius 1 is 1.29 bits per heavy atom. The summed E-state index contributed by atoms with van der Waals surface area (Å²) in [5, 5.41) is 22.2. The van der Waals surface area contributed by atoms with Crippen molar-refractivity contribution in [1.29, 1.82) is 0 Å². The Labute approximate surface area is 177 Å². The van der Waals surface area contributed by atoms with E-state index in [-0.39, 0.29) is 19.0 Å². The van der Waals surface area contributed by atoms with Gasteiger partial charge in [0, 0.05) is 19.2 Å². The molecule has 0 saturated heterocycles. The number of aromatic hydroxyl groups is 1. The molecule has 0 aliphatic heterocycles. The van der Waals surface area contributed by atoms with E-state index in [1.54, 1.807) is 20.8 Å². The summed E-state index contributed by atoms with van der Waals surface area (Å²) >= 11 is 0. The van der Waals surface area contributed by atoms with Gasteiger partial charge in [0.25, 0.3) is 11.5 Å². The quantitative estimate of drug-likeness (QED) is 0.519. The van der Waals surface area contributed by atoms with E-state index < -0.39 is 46.4 Å². The van der Waals surface area contributed by atoms with Gasteiger partial charge in [-0.3, -0.25) is 14.5 Å². The number of methoxy groups -OCH3 is 1. The predicted molar refractivity (Wildman–Crippen MR) is 108 cm³/mol. The van der Waals surface area contributed by atoms with Gasteiger partial charge in [0.15, 0.2) is 5.69 Å². The Morgan fingerprint density at radius 2 is 1.90 bits per heavy atom. The van der Waals surface area contributed by atoms with Gasteiger partial charge in [-0.25, -0.2) is 14.2 Å². The maximum atomic E-state index is 13.0. The third-order valence-corrected chi connectivity index (χ3v) is 4.38. The van der Waals surface area contributed by atoms with Crippen molar-refractivity contribution in [2.75, 3.05) is 13.7 Å². The highest BCUT2D eigenvalue weighted by atomic mass is 19.1. The number of benzene rings is 1. The lowest BCUT2D eigenvalue weighted by Gasteiger charge is -2.38. The van der Waals surface area contributed by atoms with Crippen LogP contribution in [0.3, 0.4) is 0 Å². The molecule has 1 heterocycles. The van der Waals surface area contributed by atoms with Crippen molar-refractivity contribution in [2.45, 2.75) is 38.9 Å². The summed E-state index contributed by atoms with van der Waals surface area (Å²) in [5.41, 5.74) is -1.88. The molecule has 0 aliphatic carbocycles. The first-order valence-corrected chi connectivity index (χ1v) is 9.32. The highest BCUT2D eigenvalue weighted by molar-refractivity contribution is 5.94. The molecule has 0 saturated carbocycles. The van der Waals surface area contributed by atoms with Gasteiger partial charge in [-0.2, -0.15) is 0 Å². The number of amides is 2. The second kappa shape index (κ2) is 9.56. The highest BCUT2D eigenvalue weighted by Crippen LogP contribution is 2.27. The van der Waals surface area contributed by atoms with E-state index in [9.17, 15) is 29.0 Å². The van der Waals surface area contributed by atoms with Crippen LogP contribution in [0.4, 0.5) is 9.18 Å². The first kappa shape index (κ1) is 23.8.